The number of pyridine rings is 1. The Bertz CT molecular complexity index is 1190. The average molecular weight is 434 g/mol. The lowest BCUT2D eigenvalue weighted by atomic mass is 10.1. The summed E-state index contributed by atoms with van der Waals surface area (Å²) < 4.78 is 0.804. The standard InChI is InChI=1S/C17H7Cl3N6S/c18-9-3-8(6-21)4-10(19)14(9)17-25-11-1-2-22-16(15(11)27-17)26-13-5-12(20)23-7-24-13/h1-5,7H,(H,22,23,24,26). The summed E-state index contributed by atoms with van der Waals surface area (Å²) in [7, 11) is 0. The van der Waals surface area contributed by atoms with E-state index in [-0.39, 0.29) is 0 Å². The monoisotopic (exact) mass is 432 g/mol. The van der Waals surface area contributed by atoms with E-state index in [2.05, 4.69) is 25.3 Å². The van der Waals surface area contributed by atoms with Gasteiger partial charge in [-0.2, -0.15) is 5.26 Å². The van der Waals surface area contributed by atoms with Crippen LogP contribution in [0.5, 0.6) is 0 Å². The Balaban J connectivity index is 1.81. The van der Waals surface area contributed by atoms with E-state index in [1.54, 1.807) is 30.5 Å². The summed E-state index contributed by atoms with van der Waals surface area (Å²) in [6.07, 6.45) is 3.00. The number of nitriles is 1. The molecule has 0 saturated heterocycles. The van der Waals surface area contributed by atoms with Crippen LogP contribution in [0.15, 0.2) is 36.8 Å². The van der Waals surface area contributed by atoms with Gasteiger partial charge in [0.2, 0.25) is 0 Å². The minimum atomic E-state index is 0.320. The predicted molar refractivity (Wildman–Crippen MR) is 108 cm³/mol. The van der Waals surface area contributed by atoms with Gasteiger partial charge in [0.25, 0.3) is 0 Å². The van der Waals surface area contributed by atoms with Gasteiger partial charge >= 0.3 is 0 Å². The Kier molecular flexibility index (Phi) is 4.81. The Hall–Kier alpha value is -2.50. The van der Waals surface area contributed by atoms with Crippen LogP contribution in [0, 0.1) is 11.3 Å². The second-order valence-electron chi connectivity index (χ2n) is 5.30. The van der Waals surface area contributed by atoms with Crippen LogP contribution in [0.4, 0.5) is 11.6 Å². The predicted octanol–water partition coefficient (Wildman–Crippen LogP) is 5.72. The van der Waals surface area contributed by atoms with Crippen molar-refractivity contribution in [3.8, 4) is 16.6 Å². The third-order valence-electron chi connectivity index (χ3n) is 3.57. The quantitative estimate of drug-likeness (QED) is 0.415. The van der Waals surface area contributed by atoms with Gasteiger partial charge in [-0.3, -0.25) is 0 Å². The molecule has 0 bridgehead atoms. The number of nitrogens with one attached hydrogen (secondary N) is 1. The van der Waals surface area contributed by atoms with Gasteiger partial charge in [-0.1, -0.05) is 34.8 Å². The van der Waals surface area contributed by atoms with Gasteiger partial charge < -0.3 is 5.32 Å². The molecule has 3 aromatic heterocycles. The highest BCUT2D eigenvalue weighted by atomic mass is 35.5. The molecule has 27 heavy (non-hydrogen) atoms. The van der Waals surface area contributed by atoms with Crippen molar-refractivity contribution in [3.05, 3.63) is 57.6 Å². The molecule has 0 saturated carbocycles. The SMILES string of the molecule is N#Cc1cc(Cl)c(-c2nc3ccnc(Nc4cc(Cl)ncn4)c3s2)c(Cl)c1. The molecule has 6 nitrogen and oxygen atoms in total. The highest BCUT2D eigenvalue weighted by Gasteiger charge is 2.17. The fourth-order valence-electron chi connectivity index (χ4n) is 2.42. The largest absolute Gasteiger partial charge is 0.324 e. The van der Waals surface area contributed by atoms with Gasteiger partial charge in [-0.15, -0.1) is 11.3 Å². The number of aromatic nitrogens is 4. The van der Waals surface area contributed by atoms with Gasteiger partial charge in [-0.25, -0.2) is 19.9 Å². The minimum Gasteiger partial charge on any atom is -0.324 e. The molecular formula is C17H7Cl3N6S. The number of hydrogen-bond acceptors (Lipinski definition) is 7. The number of halogens is 3. The van der Waals surface area contributed by atoms with E-state index in [4.69, 9.17) is 40.1 Å². The second kappa shape index (κ2) is 7.25. The third-order valence-corrected chi connectivity index (χ3v) is 5.47. The fraction of sp³-hybridized carbons (Fsp3) is 0. The molecule has 10 heteroatoms. The van der Waals surface area contributed by atoms with Crippen LogP contribution >= 0.6 is 46.1 Å². The number of thiazole rings is 1. The fourth-order valence-corrected chi connectivity index (χ4v) is 4.42. The zero-order valence-corrected chi connectivity index (χ0v) is 16.3. The molecule has 1 aromatic carbocycles. The van der Waals surface area contributed by atoms with Gasteiger partial charge in [0.1, 0.15) is 22.3 Å². The van der Waals surface area contributed by atoms with Gasteiger partial charge in [0.05, 0.1) is 31.9 Å². The molecular weight excluding hydrogens is 427 g/mol. The van der Waals surface area contributed by atoms with Crippen molar-refractivity contribution in [2.24, 2.45) is 0 Å². The van der Waals surface area contributed by atoms with Crippen LogP contribution in [0.3, 0.4) is 0 Å². The van der Waals surface area contributed by atoms with Crippen LogP contribution < -0.4 is 5.32 Å². The highest BCUT2D eigenvalue weighted by molar-refractivity contribution is 7.22. The lowest BCUT2D eigenvalue weighted by molar-refractivity contribution is 1.16. The molecule has 0 aliphatic carbocycles. The number of nitrogens with zero attached hydrogens (tertiary/aromatic N) is 5. The average Bonchev–Trinajstić information content (AvgIpc) is 3.05. The maximum absolute atomic E-state index is 9.04. The Morgan fingerprint density at radius 3 is 2.52 bits per heavy atom. The van der Waals surface area contributed by atoms with Gasteiger partial charge in [0, 0.05) is 17.8 Å². The summed E-state index contributed by atoms with van der Waals surface area (Å²) in [5.74, 6) is 1.09. The molecule has 3 heterocycles. The molecule has 0 aliphatic rings. The normalized spacial score (nSPS) is 10.7. The summed E-state index contributed by atoms with van der Waals surface area (Å²) in [5, 5.41) is 13.8. The molecule has 0 spiro atoms. The summed E-state index contributed by atoms with van der Waals surface area (Å²) in [4.78, 5) is 16.9. The maximum atomic E-state index is 9.04. The molecule has 1 N–H and O–H groups in total. The molecule has 0 amide bonds. The zero-order valence-electron chi connectivity index (χ0n) is 13.2. The first-order valence-corrected chi connectivity index (χ1v) is 9.40. The van der Waals surface area contributed by atoms with Gasteiger partial charge in [0.15, 0.2) is 5.82 Å². The van der Waals surface area contributed by atoms with E-state index in [0.29, 0.717) is 43.0 Å². The first-order chi connectivity index (χ1) is 13.0. The molecule has 0 aliphatic heterocycles. The second-order valence-corrected chi connectivity index (χ2v) is 7.51. The Labute approximate surface area is 172 Å². The van der Waals surface area contributed by atoms with Crippen LogP contribution in [-0.2, 0) is 0 Å². The lowest BCUT2D eigenvalue weighted by Gasteiger charge is -2.05. The van der Waals surface area contributed by atoms with E-state index in [9.17, 15) is 0 Å². The van der Waals surface area contributed by atoms with Gasteiger partial charge in [-0.05, 0) is 18.2 Å². The molecule has 0 radical (unpaired) electrons. The number of hydrogen-bond donors (Lipinski definition) is 1. The smallest absolute Gasteiger partial charge is 0.151 e. The van der Waals surface area contributed by atoms with E-state index in [1.807, 2.05) is 6.07 Å². The van der Waals surface area contributed by atoms with Crippen LogP contribution in [0.1, 0.15) is 5.56 Å². The van der Waals surface area contributed by atoms with Crippen molar-refractivity contribution in [1.82, 2.24) is 19.9 Å². The number of benzene rings is 1. The topological polar surface area (TPSA) is 87.4 Å². The number of fused-ring (bicyclic) bond motifs is 1. The summed E-state index contributed by atoms with van der Waals surface area (Å²) in [6.45, 7) is 0. The first kappa shape index (κ1) is 17.9. The summed E-state index contributed by atoms with van der Waals surface area (Å²) in [5.41, 5.74) is 1.69. The minimum absolute atomic E-state index is 0.320. The zero-order chi connectivity index (χ0) is 19.0. The van der Waals surface area contributed by atoms with Crippen LogP contribution in [0.25, 0.3) is 20.8 Å². The Morgan fingerprint density at radius 1 is 1.04 bits per heavy atom. The molecule has 4 rings (SSSR count). The third kappa shape index (κ3) is 3.53. The highest BCUT2D eigenvalue weighted by Crippen LogP contribution is 2.41. The number of rotatable bonds is 3. The van der Waals surface area contributed by atoms with E-state index < -0.39 is 0 Å². The van der Waals surface area contributed by atoms with Crippen LogP contribution in [0.2, 0.25) is 15.2 Å². The van der Waals surface area contributed by atoms with Crippen molar-refractivity contribution >= 4 is 68.0 Å². The van der Waals surface area contributed by atoms with Crippen molar-refractivity contribution in [1.29, 1.82) is 5.26 Å². The Morgan fingerprint density at radius 2 is 1.81 bits per heavy atom. The molecule has 0 unspecified atom stereocenters. The van der Waals surface area contributed by atoms with E-state index >= 15 is 0 Å². The summed E-state index contributed by atoms with van der Waals surface area (Å²) >= 11 is 19.9. The van der Waals surface area contributed by atoms with Crippen molar-refractivity contribution < 1.29 is 0 Å². The van der Waals surface area contributed by atoms with Crippen molar-refractivity contribution in [2.75, 3.05) is 5.32 Å². The first-order valence-electron chi connectivity index (χ1n) is 7.45. The maximum Gasteiger partial charge on any atom is 0.151 e. The molecule has 4 aromatic rings. The van der Waals surface area contributed by atoms with E-state index in [1.165, 1.54) is 17.7 Å². The summed E-state index contributed by atoms with van der Waals surface area (Å²) in [6, 6.07) is 8.54. The number of anilines is 2. The van der Waals surface area contributed by atoms with Crippen molar-refractivity contribution in [3.63, 3.8) is 0 Å². The molecule has 0 fully saturated rings. The molecule has 0 atom stereocenters. The van der Waals surface area contributed by atoms with Crippen molar-refractivity contribution in [2.45, 2.75) is 0 Å². The van der Waals surface area contributed by atoms with E-state index in [0.717, 1.165) is 10.2 Å². The lowest BCUT2D eigenvalue weighted by Crippen LogP contribution is -1.96. The molecule has 132 valence electrons. The van der Waals surface area contributed by atoms with Crippen LogP contribution in [-0.4, -0.2) is 19.9 Å².